The van der Waals surface area contributed by atoms with E-state index in [-0.39, 0.29) is 36.3 Å². The van der Waals surface area contributed by atoms with E-state index in [1.165, 1.54) is 17.0 Å². The molecule has 3 N–H and O–H groups in total. The first-order valence-electron chi connectivity index (χ1n) is 11.7. The second kappa shape index (κ2) is 11.8. The molecular weight excluding hydrogens is 439 g/mol. The van der Waals surface area contributed by atoms with Crippen LogP contribution in [-0.2, 0) is 16.1 Å². The van der Waals surface area contributed by atoms with Crippen molar-refractivity contribution in [1.29, 1.82) is 0 Å². The van der Waals surface area contributed by atoms with Gasteiger partial charge in [0.1, 0.15) is 18.1 Å². The van der Waals surface area contributed by atoms with E-state index in [2.05, 4.69) is 5.32 Å². The third kappa shape index (κ3) is 7.45. The highest BCUT2D eigenvalue weighted by Gasteiger charge is 2.32. The molecular formula is C26H33FN2O5. The lowest BCUT2D eigenvalue weighted by Gasteiger charge is -2.26. The van der Waals surface area contributed by atoms with Crippen molar-refractivity contribution in [2.75, 3.05) is 11.9 Å². The number of aliphatic carboxylic acids is 1. The number of benzene rings is 2. The molecule has 0 radical (unpaired) electrons. The number of carboxylic acid groups (broad SMARTS) is 1. The van der Waals surface area contributed by atoms with Crippen molar-refractivity contribution < 1.29 is 28.9 Å². The van der Waals surface area contributed by atoms with Crippen molar-refractivity contribution in [3.63, 3.8) is 0 Å². The van der Waals surface area contributed by atoms with Gasteiger partial charge in [-0.2, -0.15) is 0 Å². The zero-order valence-corrected chi connectivity index (χ0v) is 19.6. The molecule has 34 heavy (non-hydrogen) atoms. The van der Waals surface area contributed by atoms with Crippen LogP contribution >= 0.6 is 0 Å². The van der Waals surface area contributed by atoms with E-state index in [1.807, 2.05) is 38.1 Å². The largest absolute Gasteiger partial charge is 0.491 e. The Morgan fingerprint density at radius 3 is 2.50 bits per heavy atom. The van der Waals surface area contributed by atoms with Crippen molar-refractivity contribution >= 4 is 17.6 Å². The molecule has 0 bridgehead atoms. The summed E-state index contributed by atoms with van der Waals surface area (Å²) in [4.78, 5) is 26.2. The molecule has 8 heteroatoms. The van der Waals surface area contributed by atoms with E-state index >= 15 is 0 Å². The number of hydrogen-bond acceptors (Lipinski definition) is 5. The zero-order chi connectivity index (χ0) is 24.7. The Balaban J connectivity index is 1.68. The number of carbonyl (C=O) groups excluding carboxylic acids is 1. The molecule has 2 aromatic rings. The van der Waals surface area contributed by atoms with E-state index in [0.29, 0.717) is 37.1 Å². The maximum Gasteiger partial charge on any atom is 0.323 e. The number of carbonyl (C=O) groups is 2. The van der Waals surface area contributed by atoms with Crippen LogP contribution in [0.15, 0.2) is 48.5 Å². The maximum absolute atomic E-state index is 13.4. The molecule has 3 rings (SSSR count). The number of ether oxygens (including phenoxy) is 1. The van der Waals surface area contributed by atoms with Crippen LogP contribution in [0.1, 0.15) is 45.1 Å². The van der Waals surface area contributed by atoms with Gasteiger partial charge < -0.3 is 25.2 Å². The van der Waals surface area contributed by atoms with Crippen LogP contribution in [0.5, 0.6) is 5.75 Å². The standard InChI is InChI=1S/C26H33FN2O5/c1-17(2)34-22-5-3-4-18(14-22)15-29(16-25(31)32)26(33)19-6-12-23(24(30)13-7-19)28-21-10-8-20(27)9-11-21/h3-5,8-11,14,17,19,23-24,28,30H,6-7,12-13,15-16H2,1-2H3,(H,31,32)/t19-,23+,24+/m1/s1. The Kier molecular flexibility index (Phi) is 8.87. The lowest BCUT2D eigenvalue weighted by atomic mass is 9.98. The average molecular weight is 473 g/mol. The summed E-state index contributed by atoms with van der Waals surface area (Å²) in [7, 11) is 0. The van der Waals surface area contributed by atoms with Crippen molar-refractivity contribution in [3.05, 3.63) is 59.9 Å². The topological polar surface area (TPSA) is 99.1 Å². The number of rotatable bonds is 9. The number of hydrogen-bond donors (Lipinski definition) is 3. The molecule has 0 aliphatic heterocycles. The maximum atomic E-state index is 13.4. The third-order valence-electron chi connectivity index (χ3n) is 5.93. The minimum Gasteiger partial charge on any atom is -0.491 e. The minimum atomic E-state index is -1.08. The van der Waals surface area contributed by atoms with Crippen LogP contribution in [0, 0.1) is 11.7 Å². The number of nitrogens with zero attached hydrogens (tertiary/aromatic N) is 1. The van der Waals surface area contributed by atoms with Gasteiger partial charge in [-0.15, -0.1) is 0 Å². The van der Waals surface area contributed by atoms with Crippen molar-refractivity contribution in [2.24, 2.45) is 5.92 Å². The molecule has 1 aliphatic rings. The van der Waals surface area contributed by atoms with Gasteiger partial charge in [-0.05, 0) is 81.5 Å². The summed E-state index contributed by atoms with van der Waals surface area (Å²) < 4.78 is 18.9. The molecule has 0 unspecified atom stereocenters. The fourth-order valence-corrected chi connectivity index (χ4v) is 4.31. The monoisotopic (exact) mass is 472 g/mol. The van der Waals surface area contributed by atoms with E-state index < -0.39 is 18.6 Å². The molecule has 184 valence electrons. The normalized spacial score (nSPS) is 20.4. The van der Waals surface area contributed by atoms with E-state index in [0.717, 1.165) is 5.56 Å². The van der Waals surface area contributed by atoms with Gasteiger partial charge in [-0.25, -0.2) is 4.39 Å². The van der Waals surface area contributed by atoms with Gasteiger partial charge in [0.25, 0.3) is 0 Å². The van der Waals surface area contributed by atoms with Crippen LogP contribution in [0.4, 0.5) is 10.1 Å². The number of aliphatic hydroxyl groups excluding tert-OH is 1. The number of carboxylic acids is 1. The Bertz CT molecular complexity index is 966. The molecule has 0 heterocycles. The third-order valence-corrected chi connectivity index (χ3v) is 5.93. The number of aliphatic hydroxyl groups is 1. The van der Waals surface area contributed by atoms with Crippen LogP contribution < -0.4 is 10.1 Å². The molecule has 7 nitrogen and oxygen atoms in total. The highest BCUT2D eigenvalue weighted by Crippen LogP contribution is 2.28. The van der Waals surface area contributed by atoms with Gasteiger partial charge >= 0.3 is 5.97 Å². The van der Waals surface area contributed by atoms with E-state index in [4.69, 9.17) is 4.74 Å². The van der Waals surface area contributed by atoms with Crippen molar-refractivity contribution in [1.82, 2.24) is 4.90 Å². The summed E-state index contributed by atoms with van der Waals surface area (Å²) in [6, 6.07) is 13.0. The molecule has 1 aliphatic carbocycles. The van der Waals surface area contributed by atoms with Gasteiger partial charge in [-0.1, -0.05) is 12.1 Å². The summed E-state index contributed by atoms with van der Waals surface area (Å²) >= 11 is 0. The highest BCUT2D eigenvalue weighted by atomic mass is 19.1. The second-order valence-electron chi connectivity index (χ2n) is 9.08. The van der Waals surface area contributed by atoms with Crippen molar-refractivity contribution in [3.8, 4) is 5.75 Å². The summed E-state index contributed by atoms with van der Waals surface area (Å²) in [5, 5.41) is 23.3. The summed E-state index contributed by atoms with van der Waals surface area (Å²) in [5.41, 5.74) is 1.49. The Morgan fingerprint density at radius 1 is 1.12 bits per heavy atom. The number of amides is 1. The predicted octanol–water partition coefficient (Wildman–Crippen LogP) is 4.06. The van der Waals surface area contributed by atoms with Gasteiger partial charge in [0.15, 0.2) is 0 Å². The fourth-order valence-electron chi connectivity index (χ4n) is 4.31. The molecule has 0 saturated heterocycles. The van der Waals surface area contributed by atoms with Gasteiger partial charge in [0.2, 0.25) is 5.91 Å². The average Bonchev–Trinajstić information content (AvgIpc) is 2.95. The Morgan fingerprint density at radius 2 is 1.82 bits per heavy atom. The highest BCUT2D eigenvalue weighted by molar-refractivity contribution is 5.83. The van der Waals surface area contributed by atoms with E-state index in [1.54, 1.807) is 12.1 Å². The summed E-state index contributed by atoms with van der Waals surface area (Å²) in [6.45, 7) is 3.61. The van der Waals surface area contributed by atoms with Gasteiger partial charge in [0, 0.05) is 18.2 Å². The van der Waals surface area contributed by atoms with Gasteiger partial charge in [0.05, 0.1) is 18.2 Å². The van der Waals surface area contributed by atoms with Gasteiger partial charge in [-0.3, -0.25) is 9.59 Å². The molecule has 2 aromatic carbocycles. The number of anilines is 1. The lowest BCUT2D eigenvalue weighted by molar-refractivity contribution is -0.147. The predicted molar refractivity (Wildman–Crippen MR) is 127 cm³/mol. The molecule has 1 fully saturated rings. The van der Waals surface area contributed by atoms with Crippen molar-refractivity contribution in [2.45, 2.75) is 64.3 Å². The lowest BCUT2D eigenvalue weighted by Crippen LogP contribution is -2.39. The first kappa shape index (κ1) is 25.5. The number of halogens is 1. The van der Waals surface area contributed by atoms with Crippen LogP contribution in [0.25, 0.3) is 0 Å². The Labute approximate surface area is 199 Å². The zero-order valence-electron chi connectivity index (χ0n) is 19.6. The first-order chi connectivity index (χ1) is 16.2. The fraction of sp³-hybridized carbons (Fsp3) is 0.462. The number of nitrogens with one attached hydrogen (secondary N) is 1. The minimum absolute atomic E-state index is 0.000820. The van der Waals surface area contributed by atoms with E-state index in [9.17, 15) is 24.2 Å². The first-order valence-corrected chi connectivity index (χ1v) is 11.7. The summed E-state index contributed by atoms with van der Waals surface area (Å²) in [5.74, 6) is -1.36. The quantitative estimate of drug-likeness (QED) is 0.476. The van der Waals surface area contributed by atoms with Crippen LogP contribution in [0.2, 0.25) is 0 Å². The second-order valence-corrected chi connectivity index (χ2v) is 9.08. The SMILES string of the molecule is CC(C)Oc1cccc(CN(CC(=O)O)C(=O)[C@@H]2CC[C@H](Nc3ccc(F)cc3)[C@@H](O)CC2)c1. The molecule has 1 saturated carbocycles. The molecule has 0 spiro atoms. The molecule has 1 amide bonds. The van der Waals surface area contributed by atoms with Crippen LogP contribution in [0.3, 0.4) is 0 Å². The van der Waals surface area contributed by atoms with Crippen LogP contribution in [-0.4, -0.2) is 51.8 Å². The molecule has 3 atom stereocenters. The molecule has 0 aromatic heterocycles. The smallest absolute Gasteiger partial charge is 0.323 e. The Hall–Kier alpha value is -3.13. The summed E-state index contributed by atoms with van der Waals surface area (Å²) in [6.07, 6.45) is 1.26.